The molecular weight excluding hydrogens is 464 g/mol. The van der Waals surface area contributed by atoms with Gasteiger partial charge < -0.3 is 19.1 Å². The summed E-state index contributed by atoms with van der Waals surface area (Å²) in [6.07, 6.45) is 2.98. The van der Waals surface area contributed by atoms with Gasteiger partial charge in [0.2, 0.25) is 0 Å². The number of aromatic nitrogens is 2. The van der Waals surface area contributed by atoms with Crippen molar-refractivity contribution in [1.82, 2.24) is 9.55 Å². The van der Waals surface area contributed by atoms with Crippen LogP contribution >= 0.6 is 11.3 Å². The molecule has 1 aromatic carbocycles. The summed E-state index contributed by atoms with van der Waals surface area (Å²) >= 11 is 1.61. The molecule has 0 saturated carbocycles. The molecule has 3 aromatic rings. The van der Waals surface area contributed by atoms with Crippen molar-refractivity contribution >= 4 is 17.3 Å². The Hall–Kier alpha value is -2.97. The van der Waals surface area contributed by atoms with Gasteiger partial charge in [-0.25, -0.2) is 9.78 Å². The maximum atomic E-state index is 12.7. The molecule has 1 unspecified atom stereocenters. The molecule has 4 rings (SSSR count). The number of carbonyl (C=O) groups is 1. The third-order valence-electron chi connectivity index (χ3n) is 6.44. The Balaban J connectivity index is 1.94. The fourth-order valence-corrected chi connectivity index (χ4v) is 5.65. The number of rotatable bonds is 7. The molecule has 1 atom stereocenters. The lowest BCUT2D eigenvalue weighted by Crippen LogP contribution is -2.32. The number of ether oxygens (including phenoxy) is 2. The van der Waals surface area contributed by atoms with Crippen molar-refractivity contribution in [3.05, 3.63) is 56.4 Å². The molecule has 3 heterocycles. The summed E-state index contributed by atoms with van der Waals surface area (Å²) in [7, 11) is 1.68. The van der Waals surface area contributed by atoms with Crippen molar-refractivity contribution in [1.29, 1.82) is 0 Å². The Morgan fingerprint density at radius 3 is 2.54 bits per heavy atom. The number of benzene rings is 1. The van der Waals surface area contributed by atoms with Crippen molar-refractivity contribution in [2.45, 2.75) is 53.5 Å². The minimum absolute atomic E-state index is 0.0247. The van der Waals surface area contributed by atoms with E-state index in [0.29, 0.717) is 19.6 Å². The van der Waals surface area contributed by atoms with Crippen LogP contribution in [-0.4, -0.2) is 41.0 Å². The van der Waals surface area contributed by atoms with E-state index in [1.165, 1.54) is 12.3 Å². The number of aryl methyl sites for hydroxylation is 2. The number of methoxy groups -OCH3 is 1. The second kappa shape index (κ2) is 9.59. The molecule has 0 amide bonds. The average Bonchev–Trinajstić information content (AvgIpc) is 3.12. The van der Waals surface area contributed by atoms with Crippen LogP contribution in [0.1, 0.15) is 59.9 Å². The first-order chi connectivity index (χ1) is 16.5. The fraction of sp³-hybridized carbons (Fsp3) is 0.444. The molecule has 1 aliphatic rings. The van der Waals surface area contributed by atoms with Gasteiger partial charge in [-0.15, -0.1) is 11.3 Å². The molecular formula is C27H32N2O5S. The fourth-order valence-electron chi connectivity index (χ4n) is 4.71. The summed E-state index contributed by atoms with van der Waals surface area (Å²) in [4.78, 5) is 30.1. The number of nitrogens with zero attached hydrogens (tertiary/aromatic N) is 2. The minimum Gasteiger partial charge on any atom is -0.493 e. The largest absolute Gasteiger partial charge is 0.493 e. The van der Waals surface area contributed by atoms with Crippen LogP contribution in [0, 0.1) is 19.3 Å². The van der Waals surface area contributed by atoms with Crippen LogP contribution in [0.25, 0.3) is 21.7 Å². The molecule has 0 saturated heterocycles. The van der Waals surface area contributed by atoms with Crippen LogP contribution in [0.15, 0.2) is 29.2 Å². The second-order valence-electron chi connectivity index (χ2n) is 10.1. The first-order valence-corrected chi connectivity index (χ1v) is 12.6. The Morgan fingerprint density at radius 2 is 1.94 bits per heavy atom. The average molecular weight is 497 g/mol. The Morgan fingerprint density at radius 1 is 1.20 bits per heavy atom. The number of fused-ring (bicyclic) bond motifs is 3. The molecule has 35 heavy (non-hydrogen) atoms. The summed E-state index contributed by atoms with van der Waals surface area (Å²) in [5.74, 6) is -0.419. The van der Waals surface area contributed by atoms with E-state index in [9.17, 15) is 14.7 Å². The highest BCUT2D eigenvalue weighted by Crippen LogP contribution is 2.47. The summed E-state index contributed by atoms with van der Waals surface area (Å²) in [6, 6.07) is 5.60. The molecule has 2 aromatic heterocycles. The zero-order chi connectivity index (χ0) is 25.5. The first kappa shape index (κ1) is 25.1. The maximum absolute atomic E-state index is 12.7. The van der Waals surface area contributed by atoms with Gasteiger partial charge in [-0.2, -0.15) is 0 Å². The van der Waals surface area contributed by atoms with Crippen LogP contribution in [-0.2, 0) is 11.2 Å². The lowest BCUT2D eigenvalue weighted by molar-refractivity contribution is 0.0693. The topological polar surface area (TPSA) is 90.7 Å². The summed E-state index contributed by atoms with van der Waals surface area (Å²) in [5.41, 5.74) is 3.72. The van der Waals surface area contributed by atoms with Gasteiger partial charge in [-0.1, -0.05) is 20.8 Å². The number of hydrogen-bond acceptors (Lipinski definition) is 6. The molecule has 186 valence electrons. The number of pyridine rings is 1. The number of aromatic carboxylic acids is 1. The zero-order valence-electron chi connectivity index (χ0n) is 21.1. The molecule has 1 aliphatic heterocycles. The zero-order valence-corrected chi connectivity index (χ0v) is 21.9. The van der Waals surface area contributed by atoms with E-state index in [1.54, 1.807) is 18.4 Å². The highest BCUT2D eigenvalue weighted by Gasteiger charge is 2.34. The third-order valence-corrected chi connectivity index (χ3v) is 7.54. The molecule has 0 radical (unpaired) electrons. The molecule has 8 heteroatoms. The van der Waals surface area contributed by atoms with Crippen molar-refractivity contribution in [3.8, 4) is 27.4 Å². The van der Waals surface area contributed by atoms with Gasteiger partial charge in [-0.3, -0.25) is 4.79 Å². The Kier molecular flexibility index (Phi) is 6.88. The third kappa shape index (κ3) is 4.90. The molecule has 1 N–H and O–H groups in total. The van der Waals surface area contributed by atoms with Gasteiger partial charge in [0.15, 0.2) is 5.43 Å². The van der Waals surface area contributed by atoms with E-state index in [2.05, 4.69) is 37.9 Å². The van der Waals surface area contributed by atoms with Gasteiger partial charge in [0.05, 0.1) is 27.9 Å². The lowest BCUT2D eigenvalue weighted by atomic mass is 9.78. The Labute approximate surface area is 209 Å². The molecule has 0 fully saturated rings. The van der Waals surface area contributed by atoms with Crippen LogP contribution in [0.5, 0.6) is 5.75 Å². The normalized spacial score (nSPS) is 15.0. The highest BCUT2D eigenvalue weighted by molar-refractivity contribution is 7.15. The highest BCUT2D eigenvalue weighted by atomic mass is 32.1. The lowest BCUT2D eigenvalue weighted by Gasteiger charge is -2.39. The molecule has 0 aliphatic carbocycles. The van der Waals surface area contributed by atoms with Gasteiger partial charge in [0, 0.05) is 49.6 Å². The number of carboxylic acid groups (broad SMARTS) is 1. The standard InChI is InChI=1S/C27H32N2O5S/c1-15-25(35-16(2)28-15)19-12-18-17(10-23(19)34-9-7-8-33-6)11-24(27(3,4)5)29-14-20(26(31)32)22(30)13-21(18)29/h10,12-14,24H,7-9,11H2,1-6H3,(H,31,32). The smallest absolute Gasteiger partial charge is 0.341 e. The van der Waals surface area contributed by atoms with Crippen molar-refractivity contribution in [2.24, 2.45) is 5.41 Å². The van der Waals surface area contributed by atoms with Crippen molar-refractivity contribution < 1.29 is 19.4 Å². The predicted molar refractivity (Wildman–Crippen MR) is 138 cm³/mol. The second-order valence-corrected chi connectivity index (χ2v) is 11.3. The maximum Gasteiger partial charge on any atom is 0.341 e. The van der Waals surface area contributed by atoms with Crippen LogP contribution < -0.4 is 10.2 Å². The molecule has 0 spiro atoms. The number of thiazole rings is 1. The van der Waals surface area contributed by atoms with Gasteiger partial charge in [-0.05, 0) is 43.4 Å². The van der Waals surface area contributed by atoms with E-state index < -0.39 is 11.4 Å². The summed E-state index contributed by atoms with van der Waals surface area (Å²) in [5, 5.41) is 10.6. The van der Waals surface area contributed by atoms with Crippen molar-refractivity contribution in [2.75, 3.05) is 20.3 Å². The molecule has 7 nitrogen and oxygen atoms in total. The van der Waals surface area contributed by atoms with Crippen molar-refractivity contribution in [3.63, 3.8) is 0 Å². The SMILES string of the molecule is COCCCOc1cc2c(cc1-c1sc(C)nc1C)-c1cc(=O)c(C(=O)O)cn1C(C(C)(C)C)C2. The predicted octanol–water partition coefficient (Wildman–Crippen LogP) is 5.51. The van der Waals surface area contributed by atoms with E-state index >= 15 is 0 Å². The van der Waals surface area contributed by atoms with Crippen LogP contribution in [0.2, 0.25) is 0 Å². The molecule has 0 bridgehead atoms. The monoisotopic (exact) mass is 496 g/mol. The number of carboxylic acids is 1. The summed E-state index contributed by atoms with van der Waals surface area (Å²) in [6.45, 7) is 11.5. The first-order valence-electron chi connectivity index (χ1n) is 11.7. The van der Waals surface area contributed by atoms with E-state index in [4.69, 9.17) is 9.47 Å². The van der Waals surface area contributed by atoms with Crippen LogP contribution in [0.3, 0.4) is 0 Å². The van der Waals surface area contributed by atoms with Gasteiger partial charge in [0.25, 0.3) is 0 Å². The van der Waals surface area contributed by atoms with E-state index in [1.807, 2.05) is 18.4 Å². The van der Waals surface area contributed by atoms with E-state index in [-0.39, 0.29) is 17.0 Å². The quantitative estimate of drug-likeness (QED) is 0.434. The van der Waals surface area contributed by atoms with Gasteiger partial charge in [0.1, 0.15) is 11.3 Å². The van der Waals surface area contributed by atoms with Crippen LogP contribution in [0.4, 0.5) is 0 Å². The van der Waals surface area contributed by atoms with Gasteiger partial charge >= 0.3 is 5.97 Å². The number of hydrogen-bond donors (Lipinski definition) is 1. The summed E-state index contributed by atoms with van der Waals surface area (Å²) < 4.78 is 13.4. The Bertz CT molecular complexity index is 1330. The van der Waals surface area contributed by atoms with E-state index in [0.717, 1.165) is 50.1 Å². The minimum atomic E-state index is -1.21.